The Morgan fingerprint density at radius 1 is 1.32 bits per heavy atom. The third-order valence-corrected chi connectivity index (χ3v) is 3.89. The fourth-order valence-corrected chi connectivity index (χ4v) is 2.71. The monoisotopic (exact) mass is 297 g/mol. The van der Waals surface area contributed by atoms with Gasteiger partial charge in [-0.3, -0.25) is 4.99 Å². The van der Waals surface area contributed by atoms with Gasteiger partial charge in [-0.05, 0) is 31.4 Å². The van der Waals surface area contributed by atoms with Crippen LogP contribution in [0.1, 0.15) is 25.1 Å². The number of H-pyrrole nitrogens is 1. The highest BCUT2D eigenvalue weighted by Gasteiger charge is 2.11. The number of hydrogen-bond acceptors (Lipinski definition) is 2. The van der Waals surface area contributed by atoms with Crippen molar-refractivity contribution in [3.8, 4) is 0 Å². The lowest BCUT2D eigenvalue weighted by atomic mass is 10.2. The molecule has 1 aromatic heterocycles. The molecule has 0 amide bonds. The largest absolute Gasteiger partial charge is 0.356 e. The Morgan fingerprint density at radius 2 is 2.14 bits per heavy atom. The van der Waals surface area contributed by atoms with Crippen molar-refractivity contribution in [2.24, 2.45) is 4.99 Å². The van der Waals surface area contributed by atoms with E-state index in [1.807, 2.05) is 25.2 Å². The first-order chi connectivity index (χ1) is 10.8. The summed E-state index contributed by atoms with van der Waals surface area (Å²) in [5.41, 5.74) is 2.15. The molecule has 0 spiro atoms. The molecule has 1 aliphatic carbocycles. The SMILES string of the molecule is CN=C(NCCCc1nc2ccccc2[nH]1)NC1CC=CC1. The van der Waals surface area contributed by atoms with Gasteiger partial charge in [-0.15, -0.1) is 0 Å². The zero-order valence-corrected chi connectivity index (χ0v) is 13.0. The minimum Gasteiger partial charge on any atom is -0.356 e. The summed E-state index contributed by atoms with van der Waals surface area (Å²) < 4.78 is 0. The van der Waals surface area contributed by atoms with Gasteiger partial charge in [0.15, 0.2) is 5.96 Å². The van der Waals surface area contributed by atoms with Crippen LogP contribution in [0.25, 0.3) is 11.0 Å². The lowest BCUT2D eigenvalue weighted by Crippen LogP contribution is -2.42. The number of imidazole rings is 1. The van der Waals surface area contributed by atoms with Gasteiger partial charge in [-0.2, -0.15) is 0 Å². The Hall–Kier alpha value is -2.30. The van der Waals surface area contributed by atoms with E-state index in [0.29, 0.717) is 6.04 Å². The van der Waals surface area contributed by atoms with E-state index < -0.39 is 0 Å². The van der Waals surface area contributed by atoms with Crippen LogP contribution >= 0.6 is 0 Å². The van der Waals surface area contributed by atoms with E-state index in [-0.39, 0.29) is 0 Å². The minimum atomic E-state index is 0.488. The van der Waals surface area contributed by atoms with E-state index in [0.717, 1.165) is 55.0 Å². The van der Waals surface area contributed by atoms with Gasteiger partial charge in [0.2, 0.25) is 0 Å². The second-order valence-corrected chi connectivity index (χ2v) is 5.59. The van der Waals surface area contributed by atoms with Crippen LogP contribution in [0.5, 0.6) is 0 Å². The molecular weight excluding hydrogens is 274 g/mol. The summed E-state index contributed by atoms with van der Waals surface area (Å²) in [5.74, 6) is 1.93. The number of aromatic amines is 1. The Bertz CT molecular complexity index is 629. The molecule has 0 unspecified atom stereocenters. The van der Waals surface area contributed by atoms with Gasteiger partial charge in [0, 0.05) is 26.1 Å². The molecule has 1 heterocycles. The van der Waals surface area contributed by atoms with Crippen LogP contribution in [0.3, 0.4) is 0 Å². The number of benzene rings is 1. The number of nitrogens with zero attached hydrogens (tertiary/aromatic N) is 2. The molecule has 1 aromatic carbocycles. The summed E-state index contributed by atoms with van der Waals surface area (Å²) in [5, 5.41) is 6.81. The molecule has 0 fully saturated rings. The van der Waals surface area contributed by atoms with E-state index >= 15 is 0 Å². The van der Waals surface area contributed by atoms with Crippen molar-refractivity contribution in [1.29, 1.82) is 0 Å². The normalized spacial score (nSPS) is 15.6. The Balaban J connectivity index is 1.42. The first-order valence-electron chi connectivity index (χ1n) is 7.91. The van der Waals surface area contributed by atoms with Crippen molar-refractivity contribution in [1.82, 2.24) is 20.6 Å². The Morgan fingerprint density at radius 3 is 2.91 bits per heavy atom. The molecule has 116 valence electrons. The zero-order chi connectivity index (χ0) is 15.2. The molecule has 0 atom stereocenters. The Kier molecular flexibility index (Phi) is 4.73. The summed E-state index contributed by atoms with van der Waals surface area (Å²) in [6.45, 7) is 0.886. The molecule has 22 heavy (non-hydrogen) atoms. The molecule has 0 radical (unpaired) electrons. The average molecular weight is 297 g/mol. The zero-order valence-electron chi connectivity index (χ0n) is 13.0. The van der Waals surface area contributed by atoms with Crippen LogP contribution < -0.4 is 10.6 Å². The van der Waals surface area contributed by atoms with Gasteiger partial charge >= 0.3 is 0 Å². The molecule has 1 aliphatic rings. The number of aliphatic imine (C=N–C) groups is 1. The minimum absolute atomic E-state index is 0.488. The van der Waals surface area contributed by atoms with Crippen molar-refractivity contribution in [3.05, 3.63) is 42.2 Å². The number of hydrogen-bond donors (Lipinski definition) is 3. The maximum atomic E-state index is 4.60. The van der Waals surface area contributed by atoms with Crippen LogP contribution in [0.15, 0.2) is 41.4 Å². The van der Waals surface area contributed by atoms with E-state index in [9.17, 15) is 0 Å². The molecule has 3 rings (SSSR count). The molecule has 0 saturated carbocycles. The molecule has 0 bridgehead atoms. The van der Waals surface area contributed by atoms with Crippen molar-refractivity contribution in [3.63, 3.8) is 0 Å². The summed E-state index contributed by atoms with van der Waals surface area (Å²) >= 11 is 0. The summed E-state index contributed by atoms with van der Waals surface area (Å²) in [7, 11) is 1.82. The molecule has 3 N–H and O–H groups in total. The summed E-state index contributed by atoms with van der Waals surface area (Å²) in [6, 6.07) is 8.63. The topological polar surface area (TPSA) is 65.1 Å². The van der Waals surface area contributed by atoms with Gasteiger partial charge < -0.3 is 15.6 Å². The third kappa shape index (κ3) is 3.67. The molecule has 0 aliphatic heterocycles. The number of aromatic nitrogens is 2. The van der Waals surface area contributed by atoms with Gasteiger partial charge in [-0.1, -0.05) is 24.3 Å². The number of nitrogens with one attached hydrogen (secondary N) is 3. The molecule has 5 nitrogen and oxygen atoms in total. The number of fused-ring (bicyclic) bond motifs is 1. The number of rotatable bonds is 5. The second kappa shape index (κ2) is 7.11. The molecule has 5 heteroatoms. The van der Waals surface area contributed by atoms with Crippen molar-refractivity contribution < 1.29 is 0 Å². The Labute approximate surface area is 130 Å². The summed E-state index contributed by atoms with van der Waals surface area (Å²) in [6.07, 6.45) is 8.55. The molecule has 2 aromatic rings. The fourth-order valence-electron chi connectivity index (χ4n) is 2.71. The van der Waals surface area contributed by atoms with Gasteiger partial charge in [0.25, 0.3) is 0 Å². The van der Waals surface area contributed by atoms with E-state index in [1.54, 1.807) is 0 Å². The lowest BCUT2D eigenvalue weighted by molar-refractivity contribution is 0.627. The molecule has 0 saturated heterocycles. The average Bonchev–Trinajstić information content (AvgIpc) is 3.19. The first kappa shape index (κ1) is 14.6. The summed E-state index contributed by atoms with van der Waals surface area (Å²) in [4.78, 5) is 12.2. The number of para-hydroxylation sites is 2. The lowest BCUT2D eigenvalue weighted by Gasteiger charge is -2.16. The highest BCUT2D eigenvalue weighted by atomic mass is 15.2. The maximum absolute atomic E-state index is 4.60. The number of aryl methyl sites for hydroxylation is 1. The van der Waals surface area contributed by atoms with Gasteiger partial charge in [-0.25, -0.2) is 4.98 Å². The van der Waals surface area contributed by atoms with Crippen molar-refractivity contribution in [2.75, 3.05) is 13.6 Å². The van der Waals surface area contributed by atoms with E-state index in [1.165, 1.54) is 0 Å². The van der Waals surface area contributed by atoms with E-state index in [2.05, 4.69) is 43.8 Å². The predicted octanol–water partition coefficient (Wildman–Crippen LogP) is 2.38. The number of guanidine groups is 1. The quantitative estimate of drug-likeness (QED) is 0.343. The van der Waals surface area contributed by atoms with Crippen LogP contribution in [-0.4, -0.2) is 35.6 Å². The third-order valence-electron chi connectivity index (χ3n) is 3.89. The van der Waals surface area contributed by atoms with Crippen LogP contribution in [-0.2, 0) is 6.42 Å². The van der Waals surface area contributed by atoms with Crippen LogP contribution in [0.4, 0.5) is 0 Å². The highest BCUT2D eigenvalue weighted by molar-refractivity contribution is 5.80. The first-order valence-corrected chi connectivity index (χ1v) is 7.91. The van der Waals surface area contributed by atoms with Gasteiger partial charge in [0.1, 0.15) is 5.82 Å². The van der Waals surface area contributed by atoms with Gasteiger partial charge in [0.05, 0.1) is 11.0 Å². The highest BCUT2D eigenvalue weighted by Crippen LogP contribution is 2.11. The van der Waals surface area contributed by atoms with Crippen LogP contribution in [0.2, 0.25) is 0 Å². The van der Waals surface area contributed by atoms with Crippen molar-refractivity contribution in [2.45, 2.75) is 31.7 Å². The maximum Gasteiger partial charge on any atom is 0.191 e. The van der Waals surface area contributed by atoms with Crippen molar-refractivity contribution >= 4 is 17.0 Å². The fraction of sp³-hybridized carbons (Fsp3) is 0.412. The van der Waals surface area contributed by atoms with Crippen LogP contribution in [0, 0.1) is 0 Å². The standard InChI is InChI=1S/C17H23N5/c1-18-17(20-13-7-2-3-8-13)19-12-6-11-16-21-14-9-4-5-10-15(14)22-16/h2-5,9-10,13H,6-8,11-12H2,1H3,(H,21,22)(H2,18,19,20). The predicted molar refractivity (Wildman–Crippen MR) is 91.1 cm³/mol. The van der Waals surface area contributed by atoms with E-state index in [4.69, 9.17) is 0 Å². The second-order valence-electron chi connectivity index (χ2n) is 5.59. The smallest absolute Gasteiger partial charge is 0.191 e. The molecular formula is C17H23N5.